The number of aromatic nitrogens is 1. The van der Waals surface area contributed by atoms with Gasteiger partial charge in [-0.05, 0) is 48.7 Å². The fraction of sp³-hybridized carbons (Fsp3) is 0.375. The molecule has 2 fully saturated rings. The van der Waals surface area contributed by atoms with Crippen molar-refractivity contribution in [2.75, 3.05) is 25.0 Å². The van der Waals surface area contributed by atoms with Gasteiger partial charge in [0, 0.05) is 42.3 Å². The topological polar surface area (TPSA) is 60.2 Å². The lowest BCUT2D eigenvalue weighted by Crippen LogP contribution is -2.47. The number of hydrogen-bond donors (Lipinski definition) is 3. The third-order valence-electron chi connectivity index (χ3n) is 6.16. The predicted molar refractivity (Wildman–Crippen MR) is 118 cm³/mol. The van der Waals surface area contributed by atoms with Crippen LogP contribution in [0.25, 0.3) is 22.2 Å². The summed E-state index contributed by atoms with van der Waals surface area (Å²) in [6, 6.07) is 13.7. The highest BCUT2D eigenvalue weighted by molar-refractivity contribution is 5.95. The Morgan fingerprint density at radius 1 is 1.13 bits per heavy atom. The van der Waals surface area contributed by atoms with Crippen molar-refractivity contribution in [2.24, 2.45) is 0 Å². The number of carbonyl (C=O) groups is 1. The molecule has 30 heavy (non-hydrogen) atoms. The summed E-state index contributed by atoms with van der Waals surface area (Å²) >= 11 is 0. The normalized spacial score (nSPS) is 18.1. The van der Waals surface area contributed by atoms with Crippen LogP contribution in [0.2, 0.25) is 0 Å². The molecule has 1 saturated carbocycles. The molecule has 0 radical (unpaired) electrons. The van der Waals surface area contributed by atoms with Crippen molar-refractivity contribution in [1.82, 2.24) is 15.2 Å². The zero-order chi connectivity index (χ0) is 20.5. The second kappa shape index (κ2) is 8.11. The van der Waals surface area contributed by atoms with Crippen molar-refractivity contribution < 1.29 is 9.18 Å². The molecule has 2 aliphatic rings. The summed E-state index contributed by atoms with van der Waals surface area (Å²) in [6.45, 7) is 2.73. The SMILES string of the molecule is O=C1CN(Cc2cc(NC3CCCC3)c3[nH]c(-c4cccc(F)c4)cc3c2)CCN1. The quantitative estimate of drug-likeness (QED) is 0.593. The highest BCUT2D eigenvalue weighted by Gasteiger charge is 2.20. The van der Waals surface area contributed by atoms with Crippen LogP contribution in [-0.2, 0) is 11.3 Å². The Labute approximate surface area is 175 Å². The van der Waals surface area contributed by atoms with Gasteiger partial charge in [0.2, 0.25) is 5.91 Å². The van der Waals surface area contributed by atoms with Gasteiger partial charge < -0.3 is 15.6 Å². The predicted octanol–water partition coefficient (Wildman–Crippen LogP) is 4.26. The standard InChI is InChI=1S/C24H27FN4O/c25-19-5-3-4-17(12-19)21-13-18-10-16(14-29-9-8-26-23(30)15-29)11-22(24(18)28-21)27-20-6-1-2-7-20/h3-5,10-13,20,27-28H,1-2,6-9,14-15H2,(H,26,30). The van der Waals surface area contributed by atoms with E-state index >= 15 is 0 Å². The largest absolute Gasteiger partial charge is 0.381 e. The fourth-order valence-corrected chi connectivity index (χ4v) is 4.70. The summed E-state index contributed by atoms with van der Waals surface area (Å²) in [5.41, 5.74) is 5.09. The molecule has 1 saturated heterocycles. The lowest BCUT2D eigenvalue weighted by Gasteiger charge is -2.26. The van der Waals surface area contributed by atoms with Crippen LogP contribution in [0.3, 0.4) is 0 Å². The number of amides is 1. The average Bonchev–Trinajstić information content (AvgIpc) is 3.38. The van der Waals surface area contributed by atoms with Gasteiger partial charge in [-0.15, -0.1) is 0 Å². The van der Waals surface area contributed by atoms with E-state index in [4.69, 9.17) is 0 Å². The minimum absolute atomic E-state index is 0.0849. The van der Waals surface area contributed by atoms with Gasteiger partial charge in [-0.1, -0.05) is 25.0 Å². The number of H-pyrrole nitrogens is 1. The van der Waals surface area contributed by atoms with E-state index in [-0.39, 0.29) is 11.7 Å². The number of nitrogens with one attached hydrogen (secondary N) is 3. The molecule has 1 aromatic heterocycles. The number of nitrogens with zero attached hydrogens (tertiary/aromatic N) is 1. The van der Waals surface area contributed by atoms with E-state index in [1.165, 1.54) is 37.3 Å². The maximum Gasteiger partial charge on any atom is 0.234 e. The van der Waals surface area contributed by atoms with E-state index in [1.54, 1.807) is 12.1 Å². The van der Waals surface area contributed by atoms with Crippen LogP contribution < -0.4 is 10.6 Å². The Hall–Kier alpha value is -2.86. The molecule has 3 N–H and O–H groups in total. The molecular weight excluding hydrogens is 379 g/mol. The number of anilines is 1. The fourth-order valence-electron chi connectivity index (χ4n) is 4.70. The van der Waals surface area contributed by atoms with E-state index in [1.807, 2.05) is 6.07 Å². The minimum Gasteiger partial charge on any atom is -0.381 e. The van der Waals surface area contributed by atoms with Crippen molar-refractivity contribution in [3.05, 3.63) is 53.8 Å². The van der Waals surface area contributed by atoms with Crippen LogP contribution >= 0.6 is 0 Å². The number of benzene rings is 2. The Bertz CT molecular complexity index is 1070. The number of halogens is 1. The van der Waals surface area contributed by atoms with E-state index in [9.17, 15) is 9.18 Å². The third-order valence-corrected chi connectivity index (χ3v) is 6.16. The van der Waals surface area contributed by atoms with Gasteiger partial charge in [-0.2, -0.15) is 0 Å². The molecule has 0 bridgehead atoms. The molecule has 2 aromatic carbocycles. The van der Waals surface area contributed by atoms with E-state index in [0.29, 0.717) is 19.1 Å². The first-order valence-corrected chi connectivity index (χ1v) is 10.8. The molecule has 2 heterocycles. The van der Waals surface area contributed by atoms with Gasteiger partial charge in [0.05, 0.1) is 17.7 Å². The molecule has 0 atom stereocenters. The van der Waals surface area contributed by atoms with Crippen molar-refractivity contribution in [1.29, 1.82) is 0 Å². The van der Waals surface area contributed by atoms with Gasteiger partial charge in [-0.3, -0.25) is 9.69 Å². The molecule has 5 nitrogen and oxygen atoms in total. The number of carbonyl (C=O) groups excluding carboxylic acids is 1. The maximum absolute atomic E-state index is 13.8. The molecule has 1 amide bonds. The molecular formula is C24H27FN4O. The molecule has 1 aliphatic carbocycles. The number of piperazine rings is 1. The first-order valence-electron chi connectivity index (χ1n) is 10.8. The van der Waals surface area contributed by atoms with Crippen molar-refractivity contribution >= 4 is 22.5 Å². The second-order valence-electron chi connectivity index (χ2n) is 8.49. The molecule has 0 unspecified atom stereocenters. The number of rotatable bonds is 5. The highest BCUT2D eigenvalue weighted by Crippen LogP contribution is 2.33. The minimum atomic E-state index is -0.237. The zero-order valence-corrected chi connectivity index (χ0v) is 17.0. The maximum atomic E-state index is 13.8. The van der Waals surface area contributed by atoms with Crippen LogP contribution in [-0.4, -0.2) is 41.5 Å². The first kappa shape index (κ1) is 19.1. The van der Waals surface area contributed by atoms with Gasteiger partial charge in [0.1, 0.15) is 5.82 Å². The smallest absolute Gasteiger partial charge is 0.234 e. The molecule has 156 valence electrons. The lowest BCUT2D eigenvalue weighted by molar-refractivity contribution is -0.124. The zero-order valence-electron chi connectivity index (χ0n) is 17.0. The van der Waals surface area contributed by atoms with Crippen molar-refractivity contribution in [3.8, 4) is 11.3 Å². The van der Waals surface area contributed by atoms with Crippen LogP contribution in [0.4, 0.5) is 10.1 Å². The summed E-state index contributed by atoms with van der Waals surface area (Å²) in [4.78, 5) is 17.5. The molecule has 6 heteroatoms. The molecule has 1 aliphatic heterocycles. The second-order valence-corrected chi connectivity index (χ2v) is 8.49. The average molecular weight is 407 g/mol. The Morgan fingerprint density at radius 3 is 2.80 bits per heavy atom. The van der Waals surface area contributed by atoms with E-state index in [0.717, 1.165) is 40.9 Å². The van der Waals surface area contributed by atoms with E-state index < -0.39 is 0 Å². The van der Waals surface area contributed by atoms with Gasteiger partial charge >= 0.3 is 0 Å². The molecule has 0 spiro atoms. The van der Waals surface area contributed by atoms with Crippen LogP contribution in [0.15, 0.2) is 42.5 Å². The monoisotopic (exact) mass is 406 g/mol. The van der Waals surface area contributed by atoms with E-state index in [2.05, 4.69) is 38.7 Å². The van der Waals surface area contributed by atoms with Crippen LogP contribution in [0.5, 0.6) is 0 Å². The number of aromatic amines is 1. The summed E-state index contributed by atoms with van der Waals surface area (Å²) in [7, 11) is 0. The van der Waals surface area contributed by atoms with Gasteiger partial charge in [-0.25, -0.2) is 4.39 Å². The Morgan fingerprint density at radius 2 is 2.00 bits per heavy atom. The Balaban J connectivity index is 1.51. The van der Waals surface area contributed by atoms with Crippen LogP contribution in [0, 0.1) is 5.82 Å². The third kappa shape index (κ3) is 4.05. The van der Waals surface area contributed by atoms with Gasteiger partial charge in [0.25, 0.3) is 0 Å². The number of fused-ring (bicyclic) bond motifs is 1. The summed E-state index contributed by atoms with van der Waals surface area (Å²) in [6.07, 6.45) is 4.91. The first-order chi connectivity index (χ1) is 14.6. The molecule has 3 aromatic rings. The number of hydrogen-bond acceptors (Lipinski definition) is 3. The van der Waals surface area contributed by atoms with Crippen molar-refractivity contribution in [3.63, 3.8) is 0 Å². The highest BCUT2D eigenvalue weighted by atomic mass is 19.1. The summed E-state index contributed by atoms with van der Waals surface area (Å²) in [5, 5.41) is 7.73. The van der Waals surface area contributed by atoms with Crippen molar-refractivity contribution in [2.45, 2.75) is 38.3 Å². The summed E-state index contributed by atoms with van der Waals surface area (Å²) in [5.74, 6) is -0.152. The van der Waals surface area contributed by atoms with Crippen LogP contribution in [0.1, 0.15) is 31.2 Å². The summed E-state index contributed by atoms with van der Waals surface area (Å²) < 4.78 is 13.8. The van der Waals surface area contributed by atoms with Gasteiger partial charge in [0.15, 0.2) is 0 Å². The lowest BCUT2D eigenvalue weighted by atomic mass is 10.1. The molecule has 5 rings (SSSR count). The Kier molecular flexibility index (Phi) is 5.17.